The van der Waals surface area contributed by atoms with Gasteiger partial charge in [-0.15, -0.1) is 0 Å². The summed E-state index contributed by atoms with van der Waals surface area (Å²) < 4.78 is 22.1. The van der Waals surface area contributed by atoms with E-state index in [1.54, 1.807) is 13.8 Å². The van der Waals surface area contributed by atoms with Crippen LogP contribution in [0.15, 0.2) is 11.6 Å². The Balaban J connectivity index is 1.79. The smallest absolute Gasteiger partial charge is 0.348 e. The van der Waals surface area contributed by atoms with Gasteiger partial charge in [0.05, 0.1) is 37.9 Å². The highest BCUT2D eigenvalue weighted by atomic mass is 16.6. The number of allylic oxidation sites excluding steroid dienone is 1. The van der Waals surface area contributed by atoms with Crippen LogP contribution < -0.4 is 0 Å². The Morgan fingerprint density at radius 3 is 2.44 bits per heavy atom. The van der Waals surface area contributed by atoms with Crippen LogP contribution in [-0.4, -0.2) is 94.3 Å². The normalized spacial score (nSPS) is 53.1. The van der Waals surface area contributed by atoms with Gasteiger partial charge >= 0.3 is 17.9 Å². The van der Waals surface area contributed by atoms with Gasteiger partial charge in [0.2, 0.25) is 11.7 Å². The SMILES string of the molecule is COC(=O)[C@]12OC[C@]34[C@H]([C@@H](O)[C@@H]1O)[C@@]1(C)[C@H](O)[C@@H](O)C=C(C)[C@@H]1C[C@H]3OC(=O)[C@H](OC(C)=O)[C@@H]24. The lowest BCUT2D eigenvalue weighted by atomic mass is 9.37. The first kappa shape index (κ1) is 23.7. The third-order valence-electron chi connectivity index (χ3n) is 9.29. The standard InChI is InChI=1S/C23H30O11/c1-8-5-11(25)17(27)21(3)10(8)6-12-22-7-32-23(20(30)31-4,18(28)13(26)15(21)22)16(22)14(19(29)34-12)33-9(2)24/h5,10-18,25-28H,6-7H2,1-4H3/t10-,11-,12+,13+,14+,15+,16+,17+,18-,21-,22+,23+/m0/s1. The number of fused-ring (bicyclic) bond motifs is 2. The van der Waals surface area contributed by atoms with Crippen molar-refractivity contribution in [3.8, 4) is 0 Å². The molecule has 12 atom stereocenters. The molecule has 5 rings (SSSR count). The minimum Gasteiger partial charge on any atom is -0.467 e. The minimum absolute atomic E-state index is 0.220. The molecule has 11 nitrogen and oxygen atoms in total. The van der Waals surface area contributed by atoms with Crippen LogP contribution in [0.3, 0.4) is 0 Å². The molecule has 1 spiro atoms. The highest BCUT2D eigenvalue weighted by Crippen LogP contribution is 2.72. The highest BCUT2D eigenvalue weighted by Gasteiger charge is 2.85. The Hall–Kier alpha value is -2.05. The number of ether oxygens (including phenoxy) is 4. The van der Waals surface area contributed by atoms with Gasteiger partial charge in [-0.1, -0.05) is 18.6 Å². The van der Waals surface area contributed by atoms with Crippen molar-refractivity contribution >= 4 is 17.9 Å². The van der Waals surface area contributed by atoms with E-state index in [4.69, 9.17) is 18.9 Å². The maximum Gasteiger partial charge on any atom is 0.348 e. The molecule has 0 radical (unpaired) electrons. The summed E-state index contributed by atoms with van der Waals surface area (Å²) in [7, 11) is 1.09. The summed E-state index contributed by atoms with van der Waals surface area (Å²) >= 11 is 0. The molecule has 188 valence electrons. The molecule has 0 unspecified atom stereocenters. The van der Waals surface area contributed by atoms with E-state index in [9.17, 15) is 34.8 Å². The number of aliphatic hydroxyl groups is 4. The summed E-state index contributed by atoms with van der Waals surface area (Å²) in [6.07, 6.45) is -6.78. The number of methoxy groups -OCH3 is 1. The van der Waals surface area contributed by atoms with E-state index in [1.807, 2.05) is 0 Å². The quantitative estimate of drug-likeness (QED) is 0.204. The lowest BCUT2D eigenvalue weighted by molar-refractivity contribution is -0.304. The van der Waals surface area contributed by atoms with Gasteiger partial charge in [-0.25, -0.2) is 9.59 Å². The lowest BCUT2D eigenvalue weighted by Crippen LogP contribution is -2.80. The zero-order valence-electron chi connectivity index (χ0n) is 19.3. The van der Waals surface area contributed by atoms with Gasteiger partial charge in [-0.05, 0) is 19.3 Å². The second-order valence-electron chi connectivity index (χ2n) is 10.5. The minimum atomic E-state index is -2.20. The van der Waals surface area contributed by atoms with Crippen LogP contribution >= 0.6 is 0 Å². The van der Waals surface area contributed by atoms with Crippen LogP contribution in [0.1, 0.15) is 27.2 Å². The number of carbonyl (C=O) groups excluding carboxylic acids is 3. The molecule has 0 aromatic rings. The molecular formula is C23H30O11. The van der Waals surface area contributed by atoms with Crippen molar-refractivity contribution in [2.24, 2.45) is 28.6 Å². The van der Waals surface area contributed by atoms with E-state index < -0.39 is 88.7 Å². The van der Waals surface area contributed by atoms with Crippen molar-refractivity contribution in [3.05, 3.63) is 11.6 Å². The average molecular weight is 482 g/mol. The first-order chi connectivity index (χ1) is 15.9. The second kappa shape index (κ2) is 7.23. The Labute approximate surface area is 195 Å². The van der Waals surface area contributed by atoms with E-state index in [2.05, 4.69) is 0 Å². The molecule has 0 aromatic carbocycles. The van der Waals surface area contributed by atoms with Crippen molar-refractivity contribution < 1.29 is 53.8 Å². The summed E-state index contributed by atoms with van der Waals surface area (Å²) in [5.41, 5.74) is -3.97. The summed E-state index contributed by atoms with van der Waals surface area (Å²) in [5, 5.41) is 44.8. The van der Waals surface area contributed by atoms with Crippen LogP contribution in [0.5, 0.6) is 0 Å². The predicted molar refractivity (Wildman–Crippen MR) is 110 cm³/mol. The van der Waals surface area contributed by atoms with Crippen molar-refractivity contribution in [1.29, 1.82) is 0 Å². The first-order valence-electron chi connectivity index (χ1n) is 11.4. The van der Waals surface area contributed by atoms with E-state index in [0.29, 0.717) is 0 Å². The first-order valence-corrected chi connectivity index (χ1v) is 11.4. The molecule has 2 aliphatic heterocycles. The van der Waals surface area contributed by atoms with Gasteiger partial charge in [-0.3, -0.25) is 4.79 Å². The topological polar surface area (TPSA) is 169 Å². The molecule has 4 N–H and O–H groups in total. The van der Waals surface area contributed by atoms with Crippen molar-refractivity contribution in [1.82, 2.24) is 0 Å². The van der Waals surface area contributed by atoms with Gasteiger partial charge in [-0.2, -0.15) is 0 Å². The summed E-state index contributed by atoms with van der Waals surface area (Å²) in [5.74, 6) is -5.37. The fourth-order valence-electron chi connectivity index (χ4n) is 8.15. The number of rotatable bonds is 2. The molecule has 2 bridgehead atoms. The molecule has 2 saturated carbocycles. The second-order valence-corrected chi connectivity index (χ2v) is 10.5. The third-order valence-corrected chi connectivity index (χ3v) is 9.29. The van der Waals surface area contributed by atoms with Gasteiger partial charge in [0.1, 0.15) is 12.2 Å². The van der Waals surface area contributed by atoms with Crippen LogP contribution in [-0.2, 0) is 33.3 Å². The molecule has 2 heterocycles. The number of esters is 3. The molecule has 0 amide bonds. The number of hydrogen-bond acceptors (Lipinski definition) is 11. The van der Waals surface area contributed by atoms with Crippen molar-refractivity contribution in [3.63, 3.8) is 0 Å². The van der Waals surface area contributed by atoms with Crippen LogP contribution in [0.4, 0.5) is 0 Å². The molecule has 2 saturated heterocycles. The van der Waals surface area contributed by atoms with E-state index in [-0.39, 0.29) is 13.0 Å². The van der Waals surface area contributed by atoms with Gasteiger partial charge < -0.3 is 39.4 Å². The van der Waals surface area contributed by atoms with E-state index in [0.717, 1.165) is 19.6 Å². The summed E-state index contributed by atoms with van der Waals surface area (Å²) in [4.78, 5) is 38.2. The Kier molecular flexibility index (Phi) is 5.04. The average Bonchev–Trinajstić information content (AvgIpc) is 3.08. The number of carbonyl (C=O) groups is 3. The molecule has 0 aromatic heterocycles. The zero-order valence-corrected chi connectivity index (χ0v) is 19.3. The molecule has 3 aliphatic carbocycles. The van der Waals surface area contributed by atoms with Crippen LogP contribution in [0.25, 0.3) is 0 Å². The van der Waals surface area contributed by atoms with Crippen LogP contribution in [0, 0.1) is 28.6 Å². The maximum absolute atomic E-state index is 13.1. The predicted octanol–water partition coefficient (Wildman–Crippen LogP) is -1.55. The fourth-order valence-corrected chi connectivity index (χ4v) is 8.15. The Bertz CT molecular complexity index is 978. The molecule has 4 fully saturated rings. The van der Waals surface area contributed by atoms with Crippen molar-refractivity contribution in [2.75, 3.05) is 13.7 Å². The Morgan fingerprint density at radius 1 is 1.15 bits per heavy atom. The van der Waals surface area contributed by atoms with E-state index >= 15 is 0 Å². The molecule has 34 heavy (non-hydrogen) atoms. The largest absolute Gasteiger partial charge is 0.467 e. The van der Waals surface area contributed by atoms with Crippen molar-refractivity contribution in [2.45, 2.75) is 69.4 Å². The Morgan fingerprint density at radius 2 is 1.82 bits per heavy atom. The fraction of sp³-hybridized carbons (Fsp3) is 0.783. The number of hydrogen-bond donors (Lipinski definition) is 4. The maximum atomic E-state index is 13.1. The molecule has 5 aliphatic rings. The summed E-state index contributed by atoms with van der Waals surface area (Å²) in [6.45, 7) is 4.37. The number of aliphatic hydroxyl groups excluding tert-OH is 4. The van der Waals surface area contributed by atoms with Gasteiger partial charge in [0.15, 0.2) is 0 Å². The zero-order chi connectivity index (χ0) is 25.0. The lowest BCUT2D eigenvalue weighted by Gasteiger charge is -2.68. The monoisotopic (exact) mass is 482 g/mol. The van der Waals surface area contributed by atoms with Gasteiger partial charge in [0, 0.05) is 23.7 Å². The van der Waals surface area contributed by atoms with Crippen LogP contribution in [0.2, 0.25) is 0 Å². The molecule has 11 heteroatoms. The van der Waals surface area contributed by atoms with Gasteiger partial charge in [0.25, 0.3) is 0 Å². The van der Waals surface area contributed by atoms with E-state index in [1.165, 1.54) is 6.08 Å². The summed E-state index contributed by atoms with van der Waals surface area (Å²) in [6, 6.07) is 0. The molecular weight excluding hydrogens is 452 g/mol. The highest BCUT2D eigenvalue weighted by molar-refractivity contribution is 5.87. The third kappa shape index (κ3) is 2.46.